The molecular formula is C30H52O2. The van der Waals surface area contributed by atoms with E-state index in [1.165, 1.54) is 32.1 Å². The molecule has 0 radical (unpaired) electrons. The molecule has 4 aliphatic rings. The van der Waals surface area contributed by atoms with Crippen LogP contribution in [0.5, 0.6) is 0 Å². The Labute approximate surface area is 198 Å². The molecule has 0 bridgehead atoms. The Balaban J connectivity index is 1.67. The quantitative estimate of drug-likeness (QED) is 0.398. The Kier molecular flexibility index (Phi) is 6.99. The highest BCUT2D eigenvalue weighted by Crippen LogP contribution is 2.73. The average molecular weight is 445 g/mol. The van der Waals surface area contributed by atoms with E-state index in [9.17, 15) is 10.2 Å². The lowest BCUT2D eigenvalue weighted by Gasteiger charge is -2.63. The van der Waals surface area contributed by atoms with Crippen molar-refractivity contribution in [3.05, 3.63) is 11.6 Å². The van der Waals surface area contributed by atoms with Crippen molar-refractivity contribution in [2.45, 2.75) is 131 Å². The molecule has 2 N–H and O–H groups in total. The number of aliphatic hydroxyl groups excluding tert-OH is 2. The van der Waals surface area contributed by atoms with Crippen LogP contribution in [-0.2, 0) is 0 Å². The van der Waals surface area contributed by atoms with Crippen molar-refractivity contribution in [2.24, 2.45) is 45.8 Å². The van der Waals surface area contributed by atoms with Gasteiger partial charge >= 0.3 is 0 Å². The van der Waals surface area contributed by atoms with Gasteiger partial charge in [-0.3, -0.25) is 0 Å². The van der Waals surface area contributed by atoms with Crippen LogP contribution in [0.1, 0.15) is 119 Å². The SMILES string of the molecule is CCC[C@]12C3=CC[C@H]4C[C@@H](O)CC[C@]4(C)[C@H]3CC[C@]1(C)[C@@H]([C@H](C)CCCC(C)C)C[C@@H]2O. The lowest BCUT2D eigenvalue weighted by molar-refractivity contribution is -0.0928. The number of hydrogen-bond donors (Lipinski definition) is 2. The fourth-order valence-corrected chi connectivity index (χ4v) is 9.65. The van der Waals surface area contributed by atoms with Gasteiger partial charge in [-0.15, -0.1) is 0 Å². The standard InChI is InChI=1S/C30H52O2/c1-7-15-30-25-12-11-22-18-23(31)13-16-28(22,5)24(25)14-17-29(30,6)26(19-27(30)32)21(4)10-8-9-20(2)3/h12,20-24,26-27,31-32H,7-11,13-19H2,1-6H3/t21-,22+,23+,24+,26-,27+,28+,29-,30-/m1/s1. The van der Waals surface area contributed by atoms with E-state index in [0.29, 0.717) is 29.1 Å². The summed E-state index contributed by atoms with van der Waals surface area (Å²) in [6.45, 7) is 14.6. The molecule has 2 heteroatoms. The molecule has 184 valence electrons. The lowest BCUT2D eigenvalue weighted by atomic mass is 9.42. The van der Waals surface area contributed by atoms with Crippen LogP contribution in [0.3, 0.4) is 0 Å². The molecule has 0 aliphatic heterocycles. The second kappa shape index (κ2) is 9.03. The van der Waals surface area contributed by atoms with Crippen molar-refractivity contribution in [3.8, 4) is 0 Å². The average Bonchev–Trinajstić information content (AvgIpc) is 2.96. The first-order valence-corrected chi connectivity index (χ1v) is 14.2. The van der Waals surface area contributed by atoms with Crippen LogP contribution >= 0.6 is 0 Å². The molecule has 3 saturated carbocycles. The largest absolute Gasteiger partial charge is 0.393 e. The van der Waals surface area contributed by atoms with Crippen molar-refractivity contribution < 1.29 is 10.2 Å². The zero-order chi connectivity index (χ0) is 23.3. The minimum absolute atomic E-state index is 0.0221. The maximum absolute atomic E-state index is 11.9. The van der Waals surface area contributed by atoms with Gasteiger partial charge in [-0.1, -0.05) is 78.9 Å². The van der Waals surface area contributed by atoms with E-state index in [1.54, 1.807) is 5.57 Å². The molecule has 3 fully saturated rings. The first-order valence-electron chi connectivity index (χ1n) is 14.2. The van der Waals surface area contributed by atoms with Crippen molar-refractivity contribution >= 4 is 0 Å². The van der Waals surface area contributed by atoms with E-state index < -0.39 is 0 Å². The van der Waals surface area contributed by atoms with Crippen molar-refractivity contribution in [3.63, 3.8) is 0 Å². The highest BCUT2D eigenvalue weighted by atomic mass is 16.3. The number of aliphatic hydroxyl groups is 2. The molecular weight excluding hydrogens is 392 g/mol. The fraction of sp³-hybridized carbons (Fsp3) is 0.933. The molecule has 0 aromatic heterocycles. The Morgan fingerprint density at radius 2 is 1.78 bits per heavy atom. The van der Waals surface area contributed by atoms with E-state index in [4.69, 9.17) is 0 Å². The zero-order valence-corrected chi connectivity index (χ0v) is 22.0. The molecule has 32 heavy (non-hydrogen) atoms. The Morgan fingerprint density at radius 3 is 2.47 bits per heavy atom. The minimum Gasteiger partial charge on any atom is -0.393 e. The summed E-state index contributed by atoms with van der Waals surface area (Å²) in [4.78, 5) is 0. The zero-order valence-electron chi connectivity index (χ0n) is 22.0. The molecule has 0 saturated heterocycles. The molecule has 2 nitrogen and oxygen atoms in total. The van der Waals surface area contributed by atoms with Crippen molar-refractivity contribution in [1.29, 1.82) is 0 Å². The predicted octanol–water partition coefficient (Wildman–Crippen LogP) is 7.53. The smallest absolute Gasteiger partial charge is 0.0641 e. The fourth-order valence-electron chi connectivity index (χ4n) is 9.65. The van der Waals surface area contributed by atoms with Crippen LogP contribution in [0, 0.1) is 45.8 Å². The Bertz CT molecular complexity index is 697. The van der Waals surface area contributed by atoms with Gasteiger partial charge in [-0.2, -0.15) is 0 Å². The van der Waals surface area contributed by atoms with Gasteiger partial charge in [0.1, 0.15) is 0 Å². The first kappa shape index (κ1) is 24.8. The van der Waals surface area contributed by atoms with Crippen LogP contribution < -0.4 is 0 Å². The summed E-state index contributed by atoms with van der Waals surface area (Å²) in [5.41, 5.74) is 2.17. The second-order valence-corrected chi connectivity index (χ2v) is 13.4. The van der Waals surface area contributed by atoms with Crippen LogP contribution in [0.2, 0.25) is 0 Å². The highest BCUT2D eigenvalue weighted by Gasteiger charge is 2.68. The Hall–Kier alpha value is -0.340. The summed E-state index contributed by atoms with van der Waals surface area (Å²) < 4.78 is 0. The van der Waals surface area contributed by atoms with E-state index in [1.807, 2.05) is 0 Å². The molecule has 0 unspecified atom stereocenters. The number of fused-ring (bicyclic) bond motifs is 5. The molecule has 0 aromatic rings. The van der Waals surface area contributed by atoms with Crippen LogP contribution in [0.25, 0.3) is 0 Å². The van der Waals surface area contributed by atoms with Gasteiger partial charge in [0.05, 0.1) is 12.2 Å². The summed E-state index contributed by atoms with van der Waals surface area (Å²) in [5.74, 6) is 3.35. The molecule has 9 atom stereocenters. The summed E-state index contributed by atoms with van der Waals surface area (Å²) in [5, 5.41) is 22.3. The molecule has 0 amide bonds. The van der Waals surface area contributed by atoms with E-state index in [2.05, 4.69) is 47.6 Å². The maximum Gasteiger partial charge on any atom is 0.0641 e. The molecule has 0 aromatic carbocycles. The Morgan fingerprint density at radius 1 is 1.03 bits per heavy atom. The molecule has 0 heterocycles. The predicted molar refractivity (Wildman–Crippen MR) is 134 cm³/mol. The third kappa shape index (κ3) is 3.65. The molecule has 0 spiro atoms. The van der Waals surface area contributed by atoms with Gasteiger partial charge in [0.2, 0.25) is 0 Å². The second-order valence-electron chi connectivity index (χ2n) is 13.4. The minimum atomic E-state index is -0.187. The summed E-state index contributed by atoms with van der Waals surface area (Å²) >= 11 is 0. The maximum atomic E-state index is 11.9. The summed E-state index contributed by atoms with van der Waals surface area (Å²) in [7, 11) is 0. The van der Waals surface area contributed by atoms with Gasteiger partial charge in [-0.05, 0) is 91.8 Å². The normalized spacial score (nSPS) is 46.9. The monoisotopic (exact) mass is 444 g/mol. The van der Waals surface area contributed by atoms with Crippen LogP contribution in [-0.4, -0.2) is 22.4 Å². The number of hydrogen-bond acceptors (Lipinski definition) is 2. The van der Waals surface area contributed by atoms with Gasteiger partial charge in [0.15, 0.2) is 0 Å². The molecule has 4 rings (SSSR count). The first-order chi connectivity index (χ1) is 15.1. The van der Waals surface area contributed by atoms with Gasteiger partial charge in [-0.25, -0.2) is 0 Å². The topological polar surface area (TPSA) is 40.5 Å². The molecule has 4 aliphatic carbocycles. The van der Waals surface area contributed by atoms with Gasteiger partial charge in [0, 0.05) is 5.41 Å². The summed E-state index contributed by atoms with van der Waals surface area (Å²) in [6, 6.07) is 0. The number of allylic oxidation sites excluding steroid dienone is 1. The summed E-state index contributed by atoms with van der Waals surface area (Å²) in [6.07, 6.45) is 16.4. The highest BCUT2D eigenvalue weighted by molar-refractivity contribution is 5.35. The van der Waals surface area contributed by atoms with Gasteiger partial charge in [0.25, 0.3) is 0 Å². The van der Waals surface area contributed by atoms with Crippen molar-refractivity contribution in [1.82, 2.24) is 0 Å². The van der Waals surface area contributed by atoms with Crippen LogP contribution in [0.4, 0.5) is 0 Å². The van der Waals surface area contributed by atoms with E-state index in [0.717, 1.165) is 50.9 Å². The lowest BCUT2D eigenvalue weighted by Crippen LogP contribution is -2.56. The third-order valence-electron chi connectivity index (χ3n) is 11.4. The van der Waals surface area contributed by atoms with Crippen molar-refractivity contribution in [2.75, 3.05) is 0 Å². The number of rotatable bonds is 7. The van der Waals surface area contributed by atoms with Gasteiger partial charge < -0.3 is 10.2 Å². The van der Waals surface area contributed by atoms with E-state index >= 15 is 0 Å². The van der Waals surface area contributed by atoms with E-state index in [-0.39, 0.29) is 23.0 Å². The third-order valence-corrected chi connectivity index (χ3v) is 11.4. The van der Waals surface area contributed by atoms with Crippen LogP contribution in [0.15, 0.2) is 11.6 Å².